The predicted molar refractivity (Wildman–Crippen MR) is 106 cm³/mol. The van der Waals surface area contributed by atoms with E-state index in [1.165, 1.54) is 31.8 Å². The van der Waals surface area contributed by atoms with Gasteiger partial charge in [-0.3, -0.25) is 4.79 Å². The van der Waals surface area contributed by atoms with Gasteiger partial charge < -0.3 is 10.2 Å². The molecule has 0 aliphatic carbocycles. The van der Waals surface area contributed by atoms with Crippen LogP contribution in [0.1, 0.15) is 31.2 Å². The van der Waals surface area contributed by atoms with Crippen molar-refractivity contribution in [3.63, 3.8) is 0 Å². The molecule has 0 aromatic heterocycles. The topological polar surface area (TPSA) is 56.1 Å². The van der Waals surface area contributed by atoms with E-state index >= 15 is 0 Å². The Balaban J connectivity index is 1.72. The van der Waals surface area contributed by atoms with Crippen molar-refractivity contribution >= 4 is 23.4 Å². The first-order valence-electron chi connectivity index (χ1n) is 9.30. The van der Waals surface area contributed by atoms with Crippen LogP contribution in [-0.4, -0.2) is 19.0 Å². The molecule has 1 aliphatic heterocycles. The third-order valence-electron chi connectivity index (χ3n) is 4.72. The van der Waals surface area contributed by atoms with Crippen molar-refractivity contribution in [2.75, 3.05) is 23.3 Å². The number of nitriles is 1. The van der Waals surface area contributed by atoms with E-state index in [1.807, 2.05) is 30.3 Å². The number of nitrogens with zero attached hydrogens (tertiary/aromatic N) is 2. The fraction of sp³-hybridized carbons (Fsp3) is 0.273. The van der Waals surface area contributed by atoms with E-state index in [-0.39, 0.29) is 11.3 Å². The van der Waals surface area contributed by atoms with Gasteiger partial charge in [0.1, 0.15) is 23.3 Å². The first-order valence-corrected chi connectivity index (χ1v) is 9.30. The van der Waals surface area contributed by atoms with Gasteiger partial charge in [-0.25, -0.2) is 8.78 Å². The molecule has 0 bridgehead atoms. The Kier molecular flexibility index (Phi) is 6.38. The van der Waals surface area contributed by atoms with Gasteiger partial charge in [-0.2, -0.15) is 5.26 Å². The minimum absolute atomic E-state index is 0.161. The molecule has 0 saturated carbocycles. The van der Waals surface area contributed by atoms with E-state index in [2.05, 4.69) is 10.2 Å². The highest BCUT2D eigenvalue weighted by Crippen LogP contribution is 2.21. The van der Waals surface area contributed by atoms with Gasteiger partial charge in [0.25, 0.3) is 5.91 Å². The number of rotatable bonds is 4. The molecule has 6 heteroatoms. The number of hydrogen-bond acceptors (Lipinski definition) is 3. The summed E-state index contributed by atoms with van der Waals surface area (Å²) in [6.07, 6.45) is 6.32. The molecule has 0 radical (unpaired) electrons. The molecule has 1 saturated heterocycles. The van der Waals surface area contributed by atoms with E-state index in [0.717, 1.165) is 30.9 Å². The molecule has 0 atom stereocenters. The fourth-order valence-electron chi connectivity index (χ4n) is 3.21. The number of benzene rings is 2. The molecular weight excluding hydrogens is 360 g/mol. The quantitative estimate of drug-likeness (QED) is 0.606. The summed E-state index contributed by atoms with van der Waals surface area (Å²) in [5.74, 6) is -2.38. The van der Waals surface area contributed by atoms with Gasteiger partial charge in [-0.1, -0.05) is 25.0 Å². The summed E-state index contributed by atoms with van der Waals surface area (Å²) < 4.78 is 26.7. The molecule has 1 aliphatic rings. The van der Waals surface area contributed by atoms with Gasteiger partial charge in [-0.15, -0.1) is 0 Å². The molecule has 4 nitrogen and oxygen atoms in total. The van der Waals surface area contributed by atoms with Crippen LogP contribution in [0.4, 0.5) is 20.2 Å². The maximum atomic E-state index is 13.7. The lowest BCUT2D eigenvalue weighted by atomic mass is 10.1. The van der Waals surface area contributed by atoms with Crippen molar-refractivity contribution in [1.82, 2.24) is 0 Å². The minimum Gasteiger partial charge on any atom is -0.372 e. The monoisotopic (exact) mass is 381 g/mol. The van der Waals surface area contributed by atoms with Gasteiger partial charge in [0.05, 0.1) is 5.69 Å². The summed E-state index contributed by atoms with van der Waals surface area (Å²) in [6.45, 7) is 2.06. The lowest BCUT2D eigenvalue weighted by molar-refractivity contribution is -0.112. The van der Waals surface area contributed by atoms with Crippen LogP contribution in [0.25, 0.3) is 6.08 Å². The van der Waals surface area contributed by atoms with Crippen LogP contribution in [0.3, 0.4) is 0 Å². The maximum Gasteiger partial charge on any atom is 0.266 e. The number of carbonyl (C=O) groups excluding carboxylic acids is 1. The van der Waals surface area contributed by atoms with Crippen LogP contribution in [0.5, 0.6) is 0 Å². The van der Waals surface area contributed by atoms with Crippen molar-refractivity contribution in [3.8, 4) is 6.07 Å². The maximum absolute atomic E-state index is 13.7. The summed E-state index contributed by atoms with van der Waals surface area (Å²) in [5, 5.41) is 11.6. The lowest BCUT2D eigenvalue weighted by Gasteiger charge is -2.22. The second-order valence-electron chi connectivity index (χ2n) is 6.74. The van der Waals surface area contributed by atoms with Crippen LogP contribution >= 0.6 is 0 Å². The van der Waals surface area contributed by atoms with Gasteiger partial charge in [-0.05, 0) is 48.7 Å². The Morgan fingerprint density at radius 3 is 2.32 bits per heavy atom. The summed E-state index contributed by atoms with van der Waals surface area (Å²) in [4.78, 5) is 14.6. The average molecular weight is 381 g/mol. The SMILES string of the molecule is N#C/C(=C\c1ccc(N2CCCCCC2)cc1)C(=O)Nc1ccc(F)cc1F. The van der Waals surface area contributed by atoms with E-state index in [4.69, 9.17) is 0 Å². The molecule has 1 amide bonds. The first kappa shape index (κ1) is 19.6. The fourth-order valence-corrected chi connectivity index (χ4v) is 3.21. The highest BCUT2D eigenvalue weighted by Gasteiger charge is 2.13. The van der Waals surface area contributed by atoms with Crippen molar-refractivity contribution in [1.29, 1.82) is 5.26 Å². The highest BCUT2D eigenvalue weighted by atomic mass is 19.1. The Labute approximate surface area is 163 Å². The standard InChI is InChI=1S/C22H21F2N3O/c23-18-7-10-21(20(24)14-18)26-22(28)17(15-25)13-16-5-8-19(9-6-16)27-11-3-1-2-4-12-27/h5-10,13-14H,1-4,11-12H2,(H,26,28)/b17-13+. The summed E-state index contributed by atoms with van der Waals surface area (Å²) in [6, 6.07) is 12.3. The highest BCUT2D eigenvalue weighted by molar-refractivity contribution is 6.09. The van der Waals surface area contributed by atoms with Crippen LogP contribution in [0.15, 0.2) is 48.0 Å². The van der Waals surface area contributed by atoms with Gasteiger partial charge in [0, 0.05) is 24.8 Å². The van der Waals surface area contributed by atoms with E-state index in [9.17, 15) is 18.8 Å². The Bertz CT molecular complexity index is 908. The van der Waals surface area contributed by atoms with E-state index in [0.29, 0.717) is 11.6 Å². The number of anilines is 2. The summed E-state index contributed by atoms with van der Waals surface area (Å²) in [7, 11) is 0. The molecular formula is C22H21F2N3O. The normalized spacial score (nSPS) is 14.9. The minimum atomic E-state index is -0.896. The number of carbonyl (C=O) groups is 1. The molecule has 144 valence electrons. The molecule has 3 rings (SSSR count). The largest absolute Gasteiger partial charge is 0.372 e. The smallest absolute Gasteiger partial charge is 0.266 e. The third kappa shape index (κ3) is 4.95. The molecule has 28 heavy (non-hydrogen) atoms. The zero-order chi connectivity index (χ0) is 19.9. The first-order chi connectivity index (χ1) is 13.6. The molecule has 2 aromatic carbocycles. The van der Waals surface area contributed by atoms with Crippen LogP contribution < -0.4 is 10.2 Å². The molecule has 1 N–H and O–H groups in total. The second kappa shape index (κ2) is 9.14. The second-order valence-corrected chi connectivity index (χ2v) is 6.74. The molecule has 2 aromatic rings. The number of amides is 1. The number of nitrogens with one attached hydrogen (secondary N) is 1. The van der Waals surface area contributed by atoms with Crippen molar-refractivity contribution < 1.29 is 13.6 Å². The lowest BCUT2D eigenvalue weighted by Crippen LogP contribution is -2.23. The van der Waals surface area contributed by atoms with Crippen molar-refractivity contribution in [2.24, 2.45) is 0 Å². The van der Waals surface area contributed by atoms with Crippen LogP contribution in [0.2, 0.25) is 0 Å². The van der Waals surface area contributed by atoms with E-state index < -0.39 is 17.5 Å². The Morgan fingerprint density at radius 2 is 1.71 bits per heavy atom. The van der Waals surface area contributed by atoms with Gasteiger partial charge in [0.2, 0.25) is 0 Å². The van der Waals surface area contributed by atoms with Gasteiger partial charge >= 0.3 is 0 Å². The zero-order valence-electron chi connectivity index (χ0n) is 15.4. The Hall–Kier alpha value is -3.20. The number of halogens is 2. The summed E-state index contributed by atoms with van der Waals surface area (Å²) in [5.41, 5.74) is 1.48. The Morgan fingerprint density at radius 1 is 1.04 bits per heavy atom. The molecule has 0 unspecified atom stereocenters. The third-order valence-corrected chi connectivity index (χ3v) is 4.72. The van der Waals surface area contributed by atoms with Crippen molar-refractivity contribution in [3.05, 3.63) is 65.2 Å². The van der Waals surface area contributed by atoms with Crippen molar-refractivity contribution in [2.45, 2.75) is 25.7 Å². The summed E-state index contributed by atoms with van der Waals surface area (Å²) >= 11 is 0. The van der Waals surface area contributed by atoms with Crippen LogP contribution in [-0.2, 0) is 4.79 Å². The van der Waals surface area contributed by atoms with Gasteiger partial charge in [0.15, 0.2) is 0 Å². The van der Waals surface area contributed by atoms with E-state index in [1.54, 1.807) is 0 Å². The number of hydrogen-bond donors (Lipinski definition) is 1. The molecule has 1 heterocycles. The predicted octanol–water partition coefficient (Wildman–Crippen LogP) is 4.89. The van der Waals surface area contributed by atoms with Crippen LogP contribution in [0, 0.1) is 23.0 Å². The average Bonchev–Trinajstić information content (AvgIpc) is 2.98. The zero-order valence-corrected chi connectivity index (χ0v) is 15.4. The molecule has 0 spiro atoms. The molecule has 1 fully saturated rings.